The van der Waals surface area contributed by atoms with Crippen LogP contribution < -0.4 is 10.9 Å². The van der Waals surface area contributed by atoms with Gasteiger partial charge in [-0.25, -0.2) is 4.68 Å². The van der Waals surface area contributed by atoms with Crippen molar-refractivity contribution in [2.45, 2.75) is 20.0 Å². The maximum atomic E-state index is 12.8. The van der Waals surface area contributed by atoms with Gasteiger partial charge in [0.2, 0.25) is 0 Å². The highest BCUT2D eigenvalue weighted by Gasteiger charge is 2.31. The molecule has 2 aromatic heterocycles. The van der Waals surface area contributed by atoms with E-state index >= 15 is 0 Å². The van der Waals surface area contributed by atoms with E-state index in [-0.39, 0.29) is 5.56 Å². The number of pyridine rings is 1. The molecule has 0 saturated carbocycles. The quantitative estimate of drug-likeness (QED) is 0.735. The molecule has 0 aliphatic carbocycles. The fraction of sp³-hybridized carbons (Fsp3) is 0.167. The normalized spacial score (nSPS) is 11.4. The molecule has 0 saturated heterocycles. The summed E-state index contributed by atoms with van der Waals surface area (Å²) < 4.78 is 40.0. The van der Waals surface area contributed by atoms with Gasteiger partial charge in [-0.15, -0.1) is 0 Å². The number of alkyl halides is 3. The molecule has 0 aliphatic heterocycles. The Morgan fingerprint density at radius 2 is 1.81 bits per heavy atom. The maximum absolute atomic E-state index is 12.8. The maximum Gasteiger partial charge on any atom is 0.417 e. The zero-order valence-corrected chi connectivity index (χ0v) is 14.4. The van der Waals surface area contributed by atoms with E-state index in [1.807, 2.05) is 24.9 Å². The van der Waals surface area contributed by atoms with Gasteiger partial charge in [0.25, 0.3) is 11.5 Å². The third-order valence-electron chi connectivity index (χ3n) is 3.86. The lowest BCUT2D eigenvalue weighted by molar-refractivity contribution is -0.137. The Kier molecular flexibility index (Phi) is 4.61. The zero-order valence-electron chi connectivity index (χ0n) is 14.4. The number of amides is 1. The van der Waals surface area contributed by atoms with Crippen molar-refractivity contribution in [1.82, 2.24) is 14.8 Å². The first-order chi connectivity index (χ1) is 12.6. The van der Waals surface area contributed by atoms with E-state index in [0.29, 0.717) is 12.3 Å². The van der Waals surface area contributed by atoms with E-state index in [4.69, 9.17) is 0 Å². The lowest BCUT2D eigenvalue weighted by atomic mass is 10.2. The number of aromatic nitrogens is 3. The predicted octanol–water partition coefficient (Wildman–Crippen LogP) is 3.45. The Morgan fingerprint density at radius 3 is 2.37 bits per heavy atom. The van der Waals surface area contributed by atoms with Crippen LogP contribution in [0.4, 0.5) is 18.9 Å². The molecular formula is C18H15F3N4O2. The van der Waals surface area contributed by atoms with Crippen LogP contribution in [-0.4, -0.2) is 20.7 Å². The van der Waals surface area contributed by atoms with Gasteiger partial charge < -0.3 is 10.3 Å². The molecule has 0 unspecified atom stereocenters. The third-order valence-corrected chi connectivity index (χ3v) is 3.86. The monoisotopic (exact) mass is 376 g/mol. The molecule has 2 N–H and O–H groups in total. The van der Waals surface area contributed by atoms with Crippen molar-refractivity contribution in [3.05, 3.63) is 75.5 Å². The van der Waals surface area contributed by atoms with E-state index in [1.54, 1.807) is 16.8 Å². The first kappa shape index (κ1) is 18.4. The van der Waals surface area contributed by atoms with Crippen molar-refractivity contribution in [2.75, 3.05) is 5.32 Å². The van der Waals surface area contributed by atoms with Crippen LogP contribution in [0, 0.1) is 13.8 Å². The minimum atomic E-state index is -4.63. The number of anilines is 1. The first-order valence-corrected chi connectivity index (χ1v) is 7.90. The van der Waals surface area contributed by atoms with Crippen LogP contribution in [0.2, 0.25) is 0 Å². The Morgan fingerprint density at radius 1 is 1.15 bits per heavy atom. The molecule has 3 rings (SSSR count). The Labute approximate surface area is 151 Å². The highest BCUT2D eigenvalue weighted by molar-refractivity contribution is 6.04. The van der Waals surface area contributed by atoms with Gasteiger partial charge in [0.1, 0.15) is 5.69 Å². The van der Waals surface area contributed by atoms with Gasteiger partial charge in [-0.3, -0.25) is 9.59 Å². The molecule has 2 heterocycles. The molecule has 0 atom stereocenters. The molecule has 27 heavy (non-hydrogen) atoms. The van der Waals surface area contributed by atoms with Gasteiger partial charge in [-0.2, -0.15) is 18.3 Å². The number of aromatic amines is 1. The number of carbonyl (C=O) groups excluding carboxylic acids is 1. The van der Waals surface area contributed by atoms with Crippen molar-refractivity contribution in [3.63, 3.8) is 0 Å². The summed E-state index contributed by atoms with van der Waals surface area (Å²) in [5.41, 5.74) is 0.329. The minimum absolute atomic E-state index is 0.192. The molecule has 0 fully saturated rings. The number of hydrogen-bond acceptors (Lipinski definition) is 3. The number of aryl methyl sites for hydroxylation is 2. The second kappa shape index (κ2) is 6.75. The van der Waals surface area contributed by atoms with E-state index < -0.39 is 28.9 Å². The standard InChI is InChI=1S/C18H15F3N4O2/c1-10-7-11(2)25(24-10)14-5-3-12(4-6-14)16(26)23-15-8-13(18(19,20)21)9-22-17(15)27/h3-9H,1-2H3,(H,22,27)(H,23,26). The molecule has 0 bridgehead atoms. The van der Waals surface area contributed by atoms with Crippen LogP contribution >= 0.6 is 0 Å². The minimum Gasteiger partial charge on any atom is -0.327 e. The van der Waals surface area contributed by atoms with Gasteiger partial charge in [-0.1, -0.05) is 0 Å². The molecule has 3 aromatic rings. The lowest BCUT2D eigenvalue weighted by Gasteiger charge is -2.10. The highest BCUT2D eigenvalue weighted by Crippen LogP contribution is 2.29. The number of rotatable bonds is 3. The van der Waals surface area contributed by atoms with Gasteiger partial charge in [0.05, 0.1) is 16.9 Å². The van der Waals surface area contributed by atoms with E-state index in [9.17, 15) is 22.8 Å². The molecule has 0 aliphatic rings. The van der Waals surface area contributed by atoms with Crippen molar-refractivity contribution in [3.8, 4) is 5.69 Å². The van der Waals surface area contributed by atoms with Crippen LogP contribution in [0.3, 0.4) is 0 Å². The SMILES string of the molecule is Cc1cc(C)n(-c2ccc(C(=O)Nc3cc(C(F)(F)F)c[nH]c3=O)cc2)n1. The largest absolute Gasteiger partial charge is 0.417 e. The predicted molar refractivity (Wildman–Crippen MR) is 93.1 cm³/mol. The molecule has 0 radical (unpaired) electrons. The zero-order chi connectivity index (χ0) is 19.8. The Hall–Kier alpha value is -3.36. The summed E-state index contributed by atoms with van der Waals surface area (Å²) in [6, 6.07) is 8.82. The van der Waals surface area contributed by atoms with Crippen LogP contribution in [0.5, 0.6) is 0 Å². The van der Waals surface area contributed by atoms with Gasteiger partial charge >= 0.3 is 6.18 Å². The van der Waals surface area contributed by atoms with Gasteiger partial charge in [-0.05, 0) is 50.2 Å². The van der Waals surface area contributed by atoms with Crippen molar-refractivity contribution in [2.24, 2.45) is 0 Å². The topological polar surface area (TPSA) is 79.8 Å². The summed E-state index contributed by atoms with van der Waals surface area (Å²) in [6.07, 6.45) is -4.08. The molecule has 0 spiro atoms. The van der Waals surface area contributed by atoms with Gasteiger partial charge in [0, 0.05) is 17.5 Å². The summed E-state index contributed by atoms with van der Waals surface area (Å²) in [5.74, 6) is -0.695. The average Bonchev–Trinajstić information content (AvgIpc) is 2.94. The van der Waals surface area contributed by atoms with Crippen LogP contribution in [-0.2, 0) is 6.18 Å². The van der Waals surface area contributed by atoms with Crippen LogP contribution in [0.15, 0.2) is 47.4 Å². The Bertz CT molecular complexity index is 1050. The lowest BCUT2D eigenvalue weighted by Crippen LogP contribution is -2.21. The summed E-state index contributed by atoms with van der Waals surface area (Å²) in [7, 11) is 0. The molecule has 1 aromatic carbocycles. The third kappa shape index (κ3) is 3.91. The number of hydrogen-bond donors (Lipinski definition) is 2. The summed E-state index contributed by atoms with van der Waals surface area (Å²) in [4.78, 5) is 25.9. The van der Waals surface area contributed by atoms with Crippen molar-refractivity contribution in [1.29, 1.82) is 0 Å². The number of nitrogens with one attached hydrogen (secondary N) is 2. The van der Waals surface area contributed by atoms with Crippen molar-refractivity contribution < 1.29 is 18.0 Å². The second-order valence-corrected chi connectivity index (χ2v) is 5.97. The molecular weight excluding hydrogens is 361 g/mol. The first-order valence-electron chi connectivity index (χ1n) is 7.90. The number of benzene rings is 1. The van der Waals surface area contributed by atoms with Crippen molar-refractivity contribution >= 4 is 11.6 Å². The number of halogens is 3. The fourth-order valence-corrected chi connectivity index (χ4v) is 2.58. The van der Waals surface area contributed by atoms with E-state index in [1.165, 1.54) is 12.1 Å². The second-order valence-electron chi connectivity index (χ2n) is 5.97. The molecule has 140 valence electrons. The summed E-state index contributed by atoms with van der Waals surface area (Å²) >= 11 is 0. The number of carbonyl (C=O) groups is 1. The summed E-state index contributed by atoms with van der Waals surface area (Å²) in [6.45, 7) is 3.75. The fourth-order valence-electron chi connectivity index (χ4n) is 2.58. The Balaban J connectivity index is 1.83. The van der Waals surface area contributed by atoms with E-state index in [0.717, 1.165) is 17.1 Å². The number of H-pyrrole nitrogens is 1. The van der Waals surface area contributed by atoms with Crippen LogP contribution in [0.25, 0.3) is 5.69 Å². The smallest absolute Gasteiger partial charge is 0.327 e. The molecule has 9 heteroatoms. The van der Waals surface area contributed by atoms with E-state index in [2.05, 4.69) is 10.4 Å². The highest BCUT2D eigenvalue weighted by atomic mass is 19.4. The molecule has 1 amide bonds. The average molecular weight is 376 g/mol. The van der Waals surface area contributed by atoms with Crippen LogP contribution in [0.1, 0.15) is 27.3 Å². The van der Waals surface area contributed by atoms with Gasteiger partial charge in [0.15, 0.2) is 0 Å². The molecule has 6 nitrogen and oxygen atoms in total. The number of nitrogens with zero attached hydrogens (tertiary/aromatic N) is 2. The summed E-state index contributed by atoms with van der Waals surface area (Å²) in [5, 5.41) is 6.54.